The molecule has 3 rings (SSSR count). The summed E-state index contributed by atoms with van der Waals surface area (Å²) in [6, 6.07) is 8.67. The van der Waals surface area contributed by atoms with Crippen LogP contribution in [0, 0.1) is 0 Å². The molecule has 0 aromatic heterocycles. The van der Waals surface area contributed by atoms with E-state index in [1.54, 1.807) is 32.4 Å². The third kappa shape index (κ3) is 2.82. The SMILES string of the molecule is COc1ccc2c(c1OC)CCNC2c1ccccc1C(F)(F)F. The smallest absolute Gasteiger partial charge is 0.416 e. The van der Waals surface area contributed by atoms with E-state index in [0.717, 1.165) is 17.2 Å². The summed E-state index contributed by atoms with van der Waals surface area (Å²) in [6.45, 7) is 0.563. The lowest BCUT2D eigenvalue weighted by molar-refractivity contribution is -0.138. The van der Waals surface area contributed by atoms with Gasteiger partial charge in [-0.1, -0.05) is 24.3 Å². The van der Waals surface area contributed by atoms with E-state index in [0.29, 0.717) is 24.5 Å². The normalized spacial score (nSPS) is 17.3. The minimum absolute atomic E-state index is 0.221. The van der Waals surface area contributed by atoms with Crippen molar-refractivity contribution in [1.29, 1.82) is 0 Å². The highest BCUT2D eigenvalue weighted by molar-refractivity contribution is 5.55. The topological polar surface area (TPSA) is 30.5 Å². The Morgan fingerprint density at radius 2 is 1.75 bits per heavy atom. The first-order valence-electron chi connectivity index (χ1n) is 7.60. The highest BCUT2D eigenvalue weighted by Gasteiger charge is 2.36. The van der Waals surface area contributed by atoms with E-state index in [1.165, 1.54) is 12.1 Å². The summed E-state index contributed by atoms with van der Waals surface area (Å²) in [5.41, 5.74) is 1.27. The highest BCUT2D eigenvalue weighted by atomic mass is 19.4. The summed E-state index contributed by atoms with van der Waals surface area (Å²) in [6.07, 6.45) is -3.73. The number of fused-ring (bicyclic) bond motifs is 1. The number of alkyl halides is 3. The third-order valence-electron chi connectivity index (χ3n) is 4.30. The average molecular weight is 337 g/mol. The fourth-order valence-electron chi connectivity index (χ4n) is 3.27. The van der Waals surface area contributed by atoms with Gasteiger partial charge in [0, 0.05) is 12.1 Å². The quantitative estimate of drug-likeness (QED) is 0.920. The summed E-state index contributed by atoms with van der Waals surface area (Å²) in [5, 5.41) is 3.20. The minimum atomic E-state index is -4.40. The molecule has 128 valence electrons. The van der Waals surface area contributed by atoms with Crippen molar-refractivity contribution in [2.75, 3.05) is 20.8 Å². The summed E-state index contributed by atoms with van der Waals surface area (Å²) < 4.78 is 50.9. The average Bonchev–Trinajstić information content (AvgIpc) is 2.59. The van der Waals surface area contributed by atoms with Crippen molar-refractivity contribution >= 4 is 0 Å². The number of methoxy groups -OCH3 is 2. The predicted molar refractivity (Wildman–Crippen MR) is 84.5 cm³/mol. The molecule has 2 aromatic carbocycles. The molecule has 0 radical (unpaired) electrons. The van der Waals surface area contributed by atoms with Gasteiger partial charge in [-0.3, -0.25) is 0 Å². The van der Waals surface area contributed by atoms with Crippen molar-refractivity contribution in [3.63, 3.8) is 0 Å². The van der Waals surface area contributed by atoms with E-state index in [1.807, 2.05) is 0 Å². The molecule has 2 aromatic rings. The van der Waals surface area contributed by atoms with Gasteiger partial charge in [0.2, 0.25) is 0 Å². The number of nitrogens with one attached hydrogen (secondary N) is 1. The van der Waals surface area contributed by atoms with Gasteiger partial charge in [0.25, 0.3) is 0 Å². The summed E-state index contributed by atoms with van der Waals surface area (Å²) in [7, 11) is 3.08. The van der Waals surface area contributed by atoms with Gasteiger partial charge in [-0.05, 0) is 29.7 Å². The van der Waals surface area contributed by atoms with Crippen LogP contribution >= 0.6 is 0 Å². The van der Waals surface area contributed by atoms with Crippen LogP contribution in [0.3, 0.4) is 0 Å². The maximum absolute atomic E-state index is 13.4. The lowest BCUT2D eigenvalue weighted by Gasteiger charge is -2.30. The Bertz CT molecular complexity index is 744. The van der Waals surface area contributed by atoms with Crippen LogP contribution in [0.5, 0.6) is 11.5 Å². The first kappa shape index (κ1) is 16.6. The van der Waals surface area contributed by atoms with Crippen molar-refractivity contribution < 1.29 is 22.6 Å². The molecule has 0 amide bonds. The van der Waals surface area contributed by atoms with Gasteiger partial charge >= 0.3 is 6.18 Å². The maximum Gasteiger partial charge on any atom is 0.416 e. The second kappa shape index (κ2) is 6.36. The van der Waals surface area contributed by atoms with Gasteiger partial charge in [0.05, 0.1) is 25.8 Å². The molecule has 1 atom stereocenters. The van der Waals surface area contributed by atoms with Gasteiger partial charge in [0.15, 0.2) is 11.5 Å². The first-order chi connectivity index (χ1) is 11.5. The van der Waals surface area contributed by atoms with Crippen LogP contribution in [0.1, 0.15) is 28.3 Å². The van der Waals surface area contributed by atoms with Gasteiger partial charge in [-0.2, -0.15) is 13.2 Å². The monoisotopic (exact) mass is 337 g/mol. The molecule has 6 heteroatoms. The Kier molecular flexibility index (Phi) is 4.41. The molecule has 1 unspecified atom stereocenters. The van der Waals surface area contributed by atoms with Crippen LogP contribution in [0.2, 0.25) is 0 Å². The number of hydrogen-bond donors (Lipinski definition) is 1. The number of halogens is 3. The van der Waals surface area contributed by atoms with Crippen molar-refractivity contribution in [2.24, 2.45) is 0 Å². The van der Waals surface area contributed by atoms with Gasteiger partial charge in [-0.25, -0.2) is 0 Å². The molecule has 0 saturated carbocycles. The van der Waals surface area contributed by atoms with Gasteiger partial charge in [-0.15, -0.1) is 0 Å². The summed E-state index contributed by atoms with van der Waals surface area (Å²) in [5.74, 6) is 1.17. The summed E-state index contributed by atoms with van der Waals surface area (Å²) >= 11 is 0. The first-order valence-corrected chi connectivity index (χ1v) is 7.60. The van der Waals surface area contributed by atoms with E-state index in [-0.39, 0.29) is 5.56 Å². The molecule has 0 fully saturated rings. The molecule has 24 heavy (non-hydrogen) atoms. The Morgan fingerprint density at radius 3 is 2.42 bits per heavy atom. The molecule has 0 aliphatic carbocycles. The molecule has 1 aliphatic rings. The second-order valence-electron chi connectivity index (χ2n) is 5.59. The van der Waals surface area contributed by atoms with Crippen molar-refractivity contribution in [2.45, 2.75) is 18.6 Å². The molecule has 0 saturated heterocycles. The standard InChI is InChI=1S/C18H18F3NO2/c1-23-15-8-7-11-12(17(15)24-2)9-10-22-16(11)13-5-3-4-6-14(13)18(19,20)21/h3-8,16,22H,9-10H2,1-2H3. The minimum Gasteiger partial charge on any atom is -0.493 e. The van der Waals surface area contributed by atoms with Gasteiger partial charge in [0.1, 0.15) is 0 Å². The van der Waals surface area contributed by atoms with E-state index in [4.69, 9.17) is 9.47 Å². The highest BCUT2D eigenvalue weighted by Crippen LogP contribution is 2.42. The van der Waals surface area contributed by atoms with Crippen LogP contribution in [0.15, 0.2) is 36.4 Å². The van der Waals surface area contributed by atoms with E-state index < -0.39 is 17.8 Å². The van der Waals surface area contributed by atoms with E-state index in [2.05, 4.69) is 5.32 Å². The predicted octanol–water partition coefficient (Wildman–Crippen LogP) is 3.96. The zero-order chi connectivity index (χ0) is 17.3. The largest absolute Gasteiger partial charge is 0.493 e. The molecule has 0 bridgehead atoms. The zero-order valence-electron chi connectivity index (χ0n) is 13.4. The van der Waals surface area contributed by atoms with E-state index in [9.17, 15) is 13.2 Å². The fourth-order valence-corrected chi connectivity index (χ4v) is 3.27. The zero-order valence-corrected chi connectivity index (χ0v) is 13.4. The number of ether oxygens (including phenoxy) is 2. The van der Waals surface area contributed by atoms with Crippen molar-refractivity contribution in [3.8, 4) is 11.5 Å². The Labute approximate surface area is 138 Å². The molecular weight excluding hydrogens is 319 g/mol. The lowest BCUT2D eigenvalue weighted by Crippen LogP contribution is -2.32. The van der Waals surface area contributed by atoms with Crippen molar-refractivity contribution in [1.82, 2.24) is 5.32 Å². The molecule has 1 heterocycles. The molecule has 0 spiro atoms. The molecule has 1 N–H and O–H groups in total. The third-order valence-corrected chi connectivity index (χ3v) is 4.30. The Hall–Kier alpha value is -2.21. The Morgan fingerprint density at radius 1 is 1.00 bits per heavy atom. The summed E-state index contributed by atoms with van der Waals surface area (Å²) in [4.78, 5) is 0. The second-order valence-corrected chi connectivity index (χ2v) is 5.59. The molecule has 3 nitrogen and oxygen atoms in total. The number of benzene rings is 2. The Balaban J connectivity index is 2.15. The molecular formula is C18H18F3NO2. The van der Waals surface area contributed by atoms with E-state index >= 15 is 0 Å². The van der Waals surface area contributed by atoms with Crippen LogP contribution in [0.25, 0.3) is 0 Å². The number of hydrogen-bond acceptors (Lipinski definition) is 3. The van der Waals surface area contributed by atoms with Crippen LogP contribution in [-0.4, -0.2) is 20.8 Å². The van der Waals surface area contributed by atoms with Crippen LogP contribution in [-0.2, 0) is 12.6 Å². The lowest BCUT2D eigenvalue weighted by atomic mass is 9.87. The van der Waals surface area contributed by atoms with Crippen LogP contribution in [0.4, 0.5) is 13.2 Å². The molecule has 1 aliphatic heterocycles. The van der Waals surface area contributed by atoms with Crippen LogP contribution < -0.4 is 14.8 Å². The van der Waals surface area contributed by atoms with Crippen molar-refractivity contribution in [3.05, 3.63) is 58.7 Å². The maximum atomic E-state index is 13.4. The number of rotatable bonds is 3. The van der Waals surface area contributed by atoms with Gasteiger partial charge < -0.3 is 14.8 Å². The fraction of sp³-hybridized carbons (Fsp3) is 0.333.